The molecule has 2 aromatic rings. The summed E-state index contributed by atoms with van der Waals surface area (Å²) in [6, 6.07) is 9.30. The number of hydrogen-bond donors (Lipinski definition) is 3. The second-order valence-corrected chi connectivity index (χ2v) is 8.83. The van der Waals surface area contributed by atoms with Gasteiger partial charge in [0.1, 0.15) is 0 Å². The number of nitrogens with two attached hydrogens (primary N) is 1. The molecule has 0 aliphatic carbocycles. The number of anilines is 1. The van der Waals surface area contributed by atoms with Gasteiger partial charge in [0.15, 0.2) is 9.84 Å². The Labute approximate surface area is 164 Å². The number of nitrogen functional groups attached to an aromatic ring is 1. The lowest BCUT2D eigenvalue weighted by atomic mass is 9.79. The highest BCUT2D eigenvalue weighted by atomic mass is 32.2. The van der Waals surface area contributed by atoms with E-state index in [1.165, 1.54) is 17.0 Å². The van der Waals surface area contributed by atoms with Gasteiger partial charge >= 0.3 is 13.1 Å². The van der Waals surface area contributed by atoms with Crippen LogP contribution in [0.4, 0.5) is 10.5 Å². The number of nitrogens with one attached hydrogen (secondary N) is 1. The molecule has 0 saturated heterocycles. The highest BCUT2D eigenvalue weighted by molar-refractivity contribution is 7.90. The molecule has 8 nitrogen and oxygen atoms in total. The standard InChI is InChI=1S/C18H22BN3O5S/c1-22(2)18(23)21-9-14-8-15(20)5-6-17(14)28(25,26)11-12-3-4-13-10-27-19(24)16(13)7-12/h3-8,24H,9-11,20H2,1-2H3,(H,21,23). The Bertz CT molecular complexity index is 1010. The molecule has 0 fully saturated rings. The zero-order chi connectivity index (χ0) is 20.5. The van der Waals surface area contributed by atoms with Crippen LogP contribution in [-0.4, -0.2) is 45.6 Å². The molecule has 0 unspecified atom stereocenters. The zero-order valence-corrected chi connectivity index (χ0v) is 16.5. The van der Waals surface area contributed by atoms with E-state index in [0.29, 0.717) is 28.9 Å². The number of benzene rings is 2. The van der Waals surface area contributed by atoms with Gasteiger partial charge in [0.2, 0.25) is 0 Å². The average Bonchev–Trinajstić information content (AvgIpc) is 2.99. The van der Waals surface area contributed by atoms with Crippen LogP contribution in [0.25, 0.3) is 0 Å². The molecule has 0 radical (unpaired) electrons. The number of carbonyl (C=O) groups is 1. The number of fused-ring (bicyclic) bond motifs is 1. The number of amides is 2. The van der Waals surface area contributed by atoms with Crippen molar-refractivity contribution in [3.63, 3.8) is 0 Å². The summed E-state index contributed by atoms with van der Waals surface area (Å²) in [5.41, 5.74) is 8.60. The fourth-order valence-corrected chi connectivity index (χ4v) is 4.60. The van der Waals surface area contributed by atoms with Gasteiger partial charge in [-0.15, -0.1) is 0 Å². The van der Waals surface area contributed by atoms with E-state index in [-0.39, 0.29) is 23.2 Å². The van der Waals surface area contributed by atoms with Gasteiger partial charge in [-0.1, -0.05) is 18.2 Å². The molecule has 3 rings (SSSR count). The summed E-state index contributed by atoms with van der Waals surface area (Å²) in [5, 5.41) is 12.5. The predicted molar refractivity (Wildman–Crippen MR) is 107 cm³/mol. The van der Waals surface area contributed by atoms with Crippen LogP contribution in [-0.2, 0) is 33.4 Å². The molecule has 0 spiro atoms. The van der Waals surface area contributed by atoms with Crippen LogP contribution >= 0.6 is 0 Å². The maximum absolute atomic E-state index is 13.0. The van der Waals surface area contributed by atoms with Crippen molar-refractivity contribution in [2.24, 2.45) is 0 Å². The molecule has 2 amide bonds. The maximum atomic E-state index is 13.0. The Morgan fingerprint density at radius 3 is 2.75 bits per heavy atom. The van der Waals surface area contributed by atoms with E-state index in [0.717, 1.165) is 5.56 Å². The molecule has 4 N–H and O–H groups in total. The number of nitrogens with zero attached hydrogens (tertiary/aromatic N) is 1. The Morgan fingerprint density at radius 2 is 2.04 bits per heavy atom. The Balaban J connectivity index is 1.87. The zero-order valence-electron chi connectivity index (χ0n) is 15.7. The van der Waals surface area contributed by atoms with Crippen molar-refractivity contribution in [1.82, 2.24) is 10.2 Å². The first-order chi connectivity index (χ1) is 13.2. The lowest BCUT2D eigenvalue weighted by Crippen LogP contribution is -2.34. The van der Waals surface area contributed by atoms with Crippen molar-refractivity contribution < 1.29 is 22.9 Å². The van der Waals surface area contributed by atoms with E-state index in [1.807, 2.05) is 0 Å². The number of sulfone groups is 1. The topological polar surface area (TPSA) is 122 Å². The van der Waals surface area contributed by atoms with Gasteiger partial charge in [-0.05, 0) is 40.4 Å². The SMILES string of the molecule is CN(C)C(=O)NCc1cc(N)ccc1S(=O)(=O)Cc1ccc2c(c1)B(O)OC2. The summed E-state index contributed by atoms with van der Waals surface area (Å²) in [7, 11) is -1.55. The molecule has 148 valence electrons. The van der Waals surface area contributed by atoms with E-state index in [9.17, 15) is 18.2 Å². The van der Waals surface area contributed by atoms with Gasteiger partial charge in [-0.25, -0.2) is 13.2 Å². The van der Waals surface area contributed by atoms with Gasteiger partial charge in [-0.2, -0.15) is 0 Å². The van der Waals surface area contributed by atoms with Gasteiger partial charge in [-0.3, -0.25) is 0 Å². The average molecular weight is 403 g/mol. The number of urea groups is 1. The first-order valence-corrected chi connectivity index (χ1v) is 10.3. The lowest BCUT2D eigenvalue weighted by molar-refractivity contribution is 0.217. The minimum atomic E-state index is -3.71. The highest BCUT2D eigenvalue weighted by Crippen LogP contribution is 2.23. The number of rotatable bonds is 5. The highest BCUT2D eigenvalue weighted by Gasteiger charge is 2.28. The smallest absolute Gasteiger partial charge is 0.423 e. The van der Waals surface area contributed by atoms with Crippen LogP contribution in [0.15, 0.2) is 41.3 Å². The second kappa shape index (κ2) is 7.82. The molecule has 28 heavy (non-hydrogen) atoms. The molecular formula is C18H22BN3O5S. The molecule has 10 heteroatoms. The maximum Gasteiger partial charge on any atom is 0.491 e. The number of hydrogen-bond acceptors (Lipinski definition) is 6. The van der Waals surface area contributed by atoms with Crippen LogP contribution in [0.1, 0.15) is 16.7 Å². The molecule has 0 aromatic heterocycles. The molecule has 0 bridgehead atoms. The van der Waals surface area contributed by atoms with Crippen molar-refractivity contribution in [3.8, 4) is 0 Å². The van der Waals surface area contributed by atoms with Gasteiger partial charge in [0.25, 0.3) is 0 Å². The molecule has 0 saturated carbocycles. The fraction of sp³-hybridized carbons (Fsp3) is 0.278. The first kappa shape index (κ1) is 20.2. The minimum absolute atomic E-state index is 0.0351. The Morgan fingerprint density at radius 1 is 1.29 bits per heavy atom. The van der Waals surface area contributed by atoms with Gasteiger partial charge in [0.05, 0.1) is 17.3 Å². The molecule has 1 aliphatic heterocycles. The largest absolute Gasteiger partial charge is 0.491 e. The van der Waals surface area contributed by atoms with Crippen molar-refractivity contribution in [3.05, 3.63) is 53.1 Å². The predicted octanol–water partition coefficient (Wildman–Crippen LogP) is 0.232. The monoisotopic (exact) mass is 403 g/mol. The van der Waals surface area contributed by atoms with Gasteiger partial charge < -0.3 is 25.6 Å². The van der Waals surface area contributed by atoms with E-state index in [4.69, 9.17) is 10.4 Å². The van der Waals surface area contributed by atoms with Crippen LogP contribution < -0.4 is 16.5 Å². The van der Waals surface area contributed by atoms with Crippen LogP contribution in [0.5, 0.6) is 0 Å². The van der Waals surface area contributed by atoms with Crippen molar-refractivity contribution in [2.45, 2.75) is 23.8 Å². The molecule has 1 heterocycles. The van der Waals surface area contributed by atoms with E-state index in [2.05, 4.69) is 5.32 Å². The second-order valence-electron chi connectivity index (χ2n) is 6.88. The number of carbonyl (C=O) groups excluding carboxylic acids is 1. The first-order valence-electron chi connectivity index (χ1n) is 8.65. The Kier molecular flexibility index (Phi) is 5.64. The third-order valence-electron chi connectivity index (χ3n) is 4.49. The van der Waals surface area contributed by atoms with Crippen molar-refractivity contribution >= 4 is 34.1 Å². The summed E-state index contributed by atoms with van der Waals surface area (Å²) in [6.45, 7) is 0.338. The van der Waals surface area contributed by atoms with Crippen LogP contribution in [0.2, 0.25) is 0 Å². The third kappa shape index (κ3) is 4.29. The molecule has 1 aliphatic rings. The van der Waals surface area contributed by atoms with E-state index < -0.39 is 17.0 Å². The minimum Gasteiger partial charge on any atom is -0.423 e. The third-order valence-corrected chi connectivity index (χ3v) is 6.27. The fourth-order valence-electron chi connectivity index (χ4n) is 3.02. The summed E-state index contributed by atoms with van der Waals surface area (Å²) in [4.78, 5) is 13.3. The summed E-state index contributed by atoms with van der Waals surface area (Å²) in [6.07, 6.45) is 0. The molecule has 0 atom stereocenters. The molecule has 2 aromatic carbocycles. The quantitative estimate of drug-likeness (QED) is 0.486. The summed E-state index contributed by atoms with van der Waals surface area (Å²) >= 11 is 0. The summed E-state index contributed by atoms with van der Waals surface area (Å²) < 4.78 is 31.2. The van der Waals surface area contributed by atoms with E-state index >= 15 is 0 Å². The van der Waals surface area contributed by atoms with Crippen molar-refractivity contribution in [2.75, 3.05) is 19.8 Å². The van der Waals surface area contributed by atoms with Crippen molar-refractivity contribution in [1.29, 1.82) is 0 Å². The lowest BCUT2D eigenvalue weighted by Gasteiger charge is -2.15. The Hall–Kier alpha value is -2.56. The van der Waals surface area contributed by atoms with Crippen LogP contribution in [0, 0.1) is 0 Å². The molecular weight excluding hydrogens is 381 g/mol. The summed E-state index contributed by atoms with van der Waals surface area (Å²) in [5.74, 6) is -0.244. The van der Waals surface area contributed by atoms with E-state index in [1.54, 1.807) is 38.4 Å². The normalized spacial score (nSPS) is 13.3. The van der Waals surface area contributed by atoms with Gasteiger partial charge in [0, 0.05) is 26.3 Å². The van der Waals surface area contributed by atoms with Crippen LogP contribution in [0.3, 0.4) is 0 Å².